The van der Waals surface area contributed by atoms with Crippen LogP contribution in [0.3, 0.4) is 0 Å². The average Bonchev–Trinajstić information content (AvgIpc) is 2.39. The van der Waals surface area contributed by atoms with Crippen LogP contribution in [0.5, 0.6) is 0 Å². The molecule has 1 aliphatic rings. The number of halogens is 1. The molecule has 0 nitrogen and oxygen atoms in total. The first-order valence-electron chi connectivity index (χ1n) is 7.29. The van der Waals surface area contributed by atoms with E-state index in [0.29, 0.717) is 5.92 Å². The third-order valence-electron chi connectivity index (χ3n) is 4.34. The van der Waals surface area contributed by atoms with Gasteiger partial charge < -0.3 is 0 Å². The van der Waals surface area contributed by atoms with E-state index in [1.165, 1.54) is 22.3 Å². The molecule has 0 fully saturated rings. The maximum Gasteiger partial charge on any atom is 0.0657 e. The lowest BCUT2D eigenvalue weighted by Gasteiger charge is -2.34. The minimum atomic E-state index is 0.0823. The fraction of sp³-hybridized carbons (Fsp3) is 0.368. The van der Waals surface area contributed by atoms with Gasteiger partial charge in [-0.1, -0.05) is 69.3 Å². The summed E-state index contributed by atoms with van der Waals surface area (Å²) in [5.41, 5.74) is 5.67. The molecular formula is C19H21Cl. The molecule has 0 bridgehead atoms. The van der Waals surface area contributed by atoms with Crippen LogP contribution in [0.2, 0.25) is 0 Å². The largest absolute Gasteiger partial charge is 0.117 e. The molecule has 104 valence electrons. The maximum atomic E-state index is 6.70. The van der Waals surface area contributed by atoms with Gasteiger partial charge in [0.15, 0.2) is 0 Å². The molecule has 1 heteroatoms. The van der Waals surface area contributed by atoms with Gasteiger partial charge in [0.2, 0.25) is 0 Å². The second kappa shape index (κ2) is 4.93. The molecule has 2 aromatic carbocycles. The highest BCUT2D eigenvalue weighted by atomic mass is 35.5. The van der Waals surface area contributed by atoms with Gasteiger partial charge in [-0.05, 0) is 34.1 Å². The predicted molar refractivity (Wildman–Crippen MR) is 86.6 cm³/mol. The van der Waals surface area contributed by atoms with Crippen LogP contribution in [-0.4, -0.2) is 0 Å². The minimum absolute atomic E-state index is 0.0823. The predicted octanol–water partition coefficient (Wildman–Crippen LogP) is 5.60. The van der Waals surface area contributed by atoms with Gasteiger partial charge in [-0.25, -0.2) is 0 Å². The lowest BCUT2D eigenvalue weighted by molar-refractivity contribution is 0.580. The van der Waals surface area contributed by atoms with E-state index in [4.69, 9.17) is 11.6 Å². The topological polar surface area (TPSA) is 0 Å². The molecule has 2 unspecified atom stereocenters. The first kappa shape index (κ1) is 13.7. The van der Waals surface area contributed by atoms with Crippen LogP contribution in [-0.2, 0) is 11.8 Å². The van der Waals surface area contributed by atoms with Gasteiger partial charge in [-0.2, -0.15) is 0 Å². The van der Waals surface area contributed by atoms with Gasteiger partial charge in [0.1, 0.15) is 0 Å². The Morgan fingerprint density at radius 3 is 2.25 bits per heavy atom. The zero-order valence-electron chi connectivity index (χ0n) is 12.4. The Hall–Kier alpha value is -1.27. The number of alkyl halides is 1. The molecule has 1 aliphatic carbocycles. The zero-order chi connectivity index (χ0) is 14.3. The Balaban J connectivity index is 1.81. The smallest absolute Gasteiger partial charge is 0.0657 e. The minimum Gasteiger partial charge on any atom is -0.117 e. The van der Waals surface area contributed by atoms with Crippen LogP contribution in [0.25, 0.3) is 0 Å². The fourth-order valence-corrected chi connectivity index (χ4v) is 3.33. The van der Waals surface area contributed by atoms with Crippen molar-refractivity contribution in [1.82, 2.24) is 0 Å². The summed E-state index contributed by atoms with van der Waals surface area (Å²) in [5.74, 6) is 0.466. The molecule has 2 atom stereocenters. The Bertz CT molecular complexity index is 604. The second-order valence-electron chi connectivity index (χ2n) is 6.78. The molecule has 0 aromatic heterocycles. The monoisotopic (exact) mass is 284 g/mol. The van der Waals surface area contributed by atoms with Gasteiger partial charge in [-0.3, -0.25) is 0 Å². The highest BCUT2D eigenvalue weighted by Gasteiger charge is 2.32. The van der Waals surface area contributed by atoms with Gasteiger partial charge in [0.25, 0.3) is 0 Å². The van der Waals surface area contributed by atoms with Gasteiger partial charge in [0.05, 0.1) is 5.38 Å². The maximum absolute atomic E-state index is 6.70. The van der Waals surface area contributed by atoms with Gasteiger partial charge >= 0.3 is 0 Å². The van der Waals surface area contributed by atoms with Crippen molar-refractivity contribution in [2.75, 3.05) is 0 Å². The van der Waals surface area contributed by atoms with Crippen LogP contribution in [0.1, 0.15) is 54.3 Å². The molecule has 2 aromatic rings. The van der Waals surface area contributed by atoms with Crippen LogP contribution in [0.15, 0.2) is 48.5 Å². The van der Waals surface area contributed by atoms with Gasteiger partial charge in [0, 0.05) is 5.92 Å². The van der Waals surface area contributed by atoms with Crippen molar-refractivity contribution >= 4 is 11.6 Å². The molecule has 0 amide bonds. The summed E-state index contributed by atoms with van der Waals surface area (Å²) in [5, 5.41) is 0.0823. The summed E-state index contributed by atoms with van der Waals surface area (Å²) in [6, 6.07) is 17.5. The van der Waals surface area contributed by atoms with Crippen LogP contribution >= 0.6 is 11.6 Å². The third-order valence-corrected chi connectivity index (χ3v) is 4.90. The quantitative estimate of drug-likeness (QED) is 0.629. The molecule has 0 heterocycles. The first-order chi connectivity index (χ1) is 9.47. The van der Waals surface area contributed by atoms with Crippen molar-refractivity contribution in [3.05, 3.63) is 70.8 Å². The Kier molecular flexibility index (Phi) is 3.38. The fourth-order valence-electron chi connectivity index (χ4n) is 2.96. The molecule has 0 radical (unpaired) electrons. The highest BCUT2D eigenvalue weighted by molar-refractivity contribution is 6.21. The number of rotatable bonds is 2. The molecule has 20 heavy (non-hydrogen) atoms. The summed E-state index contributed by atoms with van der Waals surface area (Å²) in [6.07, 6.45) is 1.10. The number of fused-ring (bicyclic) bond motifs is 1. The Labute approximate surface area is 126 Å². The standard InChI is InChI=1S/C19H21Cl/c1-19(2,3)15-10-8-13(9-11-15)18(20)17-12-14-6-4-5-7-16(14)17/h4-11,17-18H,12H2,1-3H3. The SMILES string of the molecule is CC(C)(C)c1ccc(C(Cl)C2Cc3ccccc32)cc1. The van der Waals surface area contributed by atoms with Crippen molar-refractivity contribution in [1.29, 1.82) is 0 Å². The van der Waals surface area contributed by atoms with E-state index in [1.54, 1.807) is 0 Å². The van der Waals surface area contributed by atoms with E-state index >= 15 is 0 Å². The Morgan fingerprint density at radius 2 is 1.65 bits per heavy atom. The van der Waals surface area contributed by atoms with E-state index in [2.05, 4.69) is 69.3 Å². The summed E-state index contributed by atoms with van der Waals surface area (Å²) >= 11 is 6.70. The summed E-state index contributed by atoms with van der Waals surface area (Å²) < 4.78 is 0. The molecule has 3 rings (SSSR count). The van der Waals surface area contributed by atoms with Crippen molar-refractivity contribution in [2.24, 2.45) is 0 Å². The Morgan fingerprint density at radius 1 is 1.00 bits per heavy atom. The van der Waals surface area contributed by atoms with Crippen molar-refractivity contribution in [3.8, 4) is 0 Å². The van der Waals surface area contributed by atoms with E-state index in [1.807, 2.05) is 0 Å². The molecule has 0 N–H and O–H groups in total. The van der Waals surface area contributed by atoms with Crippen molar-refractivity contribution in [3.63, 3.8) is 0 Å². The molecule has 0 saturated heterocycles. The first-order valence-corrected chi connectivity index (χ1v) is 7.73. The molecule has 0 aliphatic heterocycles. The molecule has 0 saturated carbocycles. The van der Waals surface area contributed by atoms with E-state index in [-0.39, 0.29) is 10.8 Å². The van der Waals surface area contributed by atoms with E-state index in [0.717, 1.165) is 6.42 Å². The van der Waals surface area contributed by atoms with Crippen LogP contribution in [0, 0.1) is 0 Å². The van der Waals surface area contributed by atoms with Crippen molar-refractivity contribution in [2.45, 2.75) is 43.9 Å². The van der Waals surface area contributed by atoms with E-state index in [9.17, 15) is 0 Å². The highest BCUT2D eigenvalue weighted by Crippen LogP contribution is 2.46. The van der Waals surface area contributed by atoms with Crippen LogP contribution < -0.4 is 0 Å². The zero-order valence-corrected chi connectivity index (χ0v) is 13.1. The second-order valence-corrected chi connectivity index (χ2v) is 7.25. The van der Waals surface area contributed by atoms with E-state index < -0.39 is 0 Å². The number of hydrogen-bond acceptors (Lipinski definition) is 0. The normalized spacial score (nSPS) is 19.1. The number of benzene rings is 2. The molecule has 0 spiro atoms. The third kappa shape index (κ3) is 2.38. The lowest BCUT2D eigenvalue weighted by atomic mass is 9.74. The molecular weight excluding hydrogens is 264 g/mol. The lowest BCUT2D eigenvalue weighted by Crippen LogP contribution is -2.21. The summed E-state index contributed by atoms with van der Waals surface area (Å²) in [6.45, 7) is 6.72. The summed E-state index contributed by atoms with van der Waals surface area (Å²) in [7, 11) is 0. The van der Waals surface area contributed by atoms with Crippen molar-refractivity contribution < 1.29 is 0 Å². The van der Waals surface area contributed by atoms with Gasteiger partial charge in [-0.15, -0.1) is 11.6 Å². The van der Waals surface area contributed by atoms with Crippen LogP contribution in [0.4, 0.5) is 0 Å². The average molecular weight is 285 g/mol. The summed E-state index contributed by atoms with van der Waals surface area (Å²) in [4.78, 5) is 0. The number of hydrogen-bond donors (Lipinski definition) is 0.